The van der Waals surface area contributed by atoms with Crippen molar-refractivity contribution < 1.29 is 28.6 Å². The molecule has 0 saturated heterocycles. The van der Waals surface area contributed by atoms with Gasteiger partial charge in [0.05, 0.1) is 0 Å². The van der Waals surface area contributed by atoms with Gasteiger partial charge in [-0.05, 0) is 103 Å². The highest BCUT2D eigenvalue weighted by molar-refractivity contribution is 5.71. The average Bonchev–Trinajstić information content (AvgIpc) is 3.31. The van der Waals surface area contributed by atoms with Gasteiger partial charge in [0, 0.05) is 19.3 Å². The van der Waals surface area contributed by atoms with Crippen LogP contribution in [0, 0.1) is 0 Å². The van der Waals surface area contributed by atoms with E-state index >= 15 is 0 Å². The number of hydrogen-bond acceptors (Lipinski definition) is 6. The molecule has 0 aromatic carbocycles. The summed E-state index contributed by atoms with van der Waals surface area (Å²) in [6.45, 7) is 6.52. The number of ether oxygens (including phenoxy) is 3. The van der Waals surface area contributed by atoms with E-state index in [0.717, 1.165) is 103 Å². The largest absolute Gasteiger partial charge is 0.462 e. The summed E-state index contributed by atoms with van der Waals surface area (Å²) < 4.78 is 16.8. The van der Waals surface area contributed by atoms with E-state index in [-0.39, 0.29) is 31.1 Å². The SMILES string of the molecule is CC/C=C\C/C=C\C/C=C\CCCCCCCC(=O)OC(COC(=O)CCCCCCC/C=C\CCCCCCCC)COC(=O)CCCCCCCCC/C=C\CCCCCCCCC. The lowest BCUT2D eigenvalue weighted by Crippen LogP contribution is -2.30. The first kappa shape index (κ1) is 63.1. The van der Waals surface area contributed by atoms with Gasteiger partial charge in [-0.15, -0.1) is 0 Å². The molecule has 382 valence electrons. The van der Waals surface area contributed by atoms with E-state index in [2.05, 4.69) is 81.5 Å². The fourth-order valence-corrected chi connectivity index (χ4v) is 7.98. The summed E-state index contributed by atoms with van der Waals surface area (Å²) in [5.41, 5.74) is 0. The van der Waals surface area contributed by atoms with Gasteiger partial charge in [-0.3, -0.25) is 14.4 Å². The first-order chi connectivity index (χ1) is 32.5. The van der Waals surface area contributed by atoms with Gasteiger partial charge in [0.1, 0.15) is 13.2 Å². The summed E-state index contributed by atoms with van der Waals surface area (Å²) in [5, 5.41) is 0. The molecule has 0 aliphatic carbocycles. The third kappa shape index (κ3) is 52.1. The molecule has 0 radical (unpaired) electrons. The number of esters is 3. The van der Waals surface area contributed by atoms with Crippen LogP contribution < -0.4 is 0 Å². The van der Waals surface area contributed by atoms with Crippen molar-refractivity contribution in [3.63, 3.8) is 0 Å². The molecular formula is C60H106O6. The summed E-state index contributed by atoms with van der Waals surface area (Å²) in [4.78, 5) is 38.1. The van der Waals surface area contributed by atoms with Crippen molar-refractivity contribution in [1.29, 1.82) is 0 Å². The van der Waals surface area contributed by atoms with Crippen LogP contribution in [-0.4, -0.2) is 37.2 Å². The Morgan fingerprint density at radius 1 is 0.318 bits per heavy atom. The van der Waals surface area contributed by atoms with Crippen molar-refractivity contribution in [1.82, 2.24) is 0 Å². The Morgan fingerprint density at radius 2 is 0.591 bits per heavy atom. The molecule has 0 rings (SSSR count). The van der Waals surface area contributed by atoms with E-state index in [1.807, 2.05) is 0 Å². The highest BCUT2D eigenvalue weighted by atomic mass is 16.6. The molecule has 0 heterocycles. The second kappa shape index (κ2) is 54.7. The zero-order valence-electron chi connectivity index (χ0n) is 43.7. The second-order valence-electron chi connectivity index (χ2n) is 18.8. The van der Waals surface area contributed by atoms with E-state index in [4.69, 9.17) is 14.2 Å². The maximum atomic E-state index is 12.8. The highest BCUT2D eigenvalue weighted by Gasteiger charge is 2.19. The number of carbonyl (C=O) groups is 3. The lowest BCUT2D eigenvalue weighted by Gasteiger charge is -2.18. The predicted octanol–water partition coefficient (Wildman–Crippen LogP) is 18.8. The van der Waals surface area contributed by atoms with E-state index in [1.54, 1.807) is 0 Å². The number of carbonyl (C=O) groups excluding carboxylic acids is 3. The molecule has 0 N–H and O–H groups in total. The van der Waals surface area contributed by atoms with Crippen molar-refractivity contribution in [3.8, 4) is 0 Å². The van der Waals surface area contributed by atoms with Crippen LogP contribution in [0.2, 0.25) is 0 Å². The van der Waals surface area contributed by atoms with Crippen LogP contribution in [0.3, 0.4) is 0 Å². The van der Waals surface area contributed by atoms with E-state index < -0.39 is 6.10 Å². The molecule has 0 amide bonds. The fourth-order valence-electron chi connectivity index (χ4n) is 7.98. The van der Waals surface area contributed by atoms with Gasteiger partial charge in [0.2, 0.25) is 0 Å². The first-order valence-corrected chi connectivity index (χ1v) is 28.3. The smallest absolute Gasteiger partial charge is 0.306 e. The van der Waals surface area contributed by atoms with Gasteiger partial charge < -0.3 is 14.2 Å². The van der Waals surface area contributed by atoms with Crippen LogP contribution in [-0.2, 0) is 28.6 Å². The van der Waals surface area contributed by atoms with Crippen molar-refractivity contribution in [3.05, 3.63) is 60.8 Å². The standard InChI is InChI=1S/C60H106O6/c1-4-7-10-13-16-19-22-25-28-29-30-33-35-38-41-44-47-50-53-59(62)65-56-57(66-60(63)54-51-48-45-42-39-36-32-27-24-21-18-15-12-9-6-3)55-64-58(61)52-49-46-43-40-37-34-31-26-23-20-17-14-11-8-5-2/h9,12,18,21,26-29,31-32,57H,4-8,10-11,13-17,19-20,22-25,30,33-56H2,1-3H3/b12-9-,21-18-,29-28-,31-26-,32-27-. The molecule has 0 aromatic rings. The first-order valence-electron chi connectivity index (χ1n) is 28.3. The molecule has 6 nitrogen and oxygen atoms in total. The summed E-state index contributed by atoms with van der Waals surface area (Å²) >= 11 is 0. The Morgan fingerprint density at radius 3 is 0.939 bits per heavy atom. The van der Waals surface area contributed by atoms with Crippen LogP contribution in [0.4, 0.5) is 0 Å². The van der Waals surface area contributed by atoms with Crippen LogP contribution in [0.25, 0.3) is 0 Å². The maximum Gasteiger partial charge on any atom is 0.306 e. The van der Waals surface area contributed by atoms with Crippen molar-refractivity contribution in [2.75, 3.05) is 13.2 Å². The number of rotatable bonds is 51. The third-order valence-electron chi connectivity index (χ3n) is 12.2. The van der Waals surface area contributed by atoms with E-state index in [9.17, 15) is 14.4 Å². The van der Waals surface area contributed by atoms with Gasteiger partial charge in [0.25, 0.3) is 0 Å². The van der Waals surface area contributed by atoms with Crippen LogP contribution in [0.15, 0.2) is 60.8 Å². The van der Waals surface area contributed by atoms with Gasteiger partial charge in [-0.1, -0.05) is 223 Å². The van der Waals surface area contributed by atoms with Crippen LogP contribution in [0.5, 0.6) is 0 Å². The van der Waals surface area contributed by atoms with Crippen LogP contribution in [0.1, 0.15) is 284 Å². The minimum absolute atomic E-state index is 0.0854. The molecule has 6 heteroatoms. The minimum Gasteiger partial charge on any atom is -0.462 e. The molecule has 1 atom stereocenters. The number of allylic oxidation sites excluding steroid dienone is 10. The van der Waals surface area contributed by atoms with E-state index in [0.29, 0.717) is 19.3 Å². The molecule has 0 aliphatic heterocycles. The lowest BCUT2D eigenvalue weighted by molar-refractivity contribution is -0.167. The summed E-state index contributed by atoms with van der Waals surface area (Å²) in [7, 11) is 0. The average molecular weight is 924 g/mol. The van der Waals surface area contributed by atoms with Gasteiger partial charge in [-0.25, -0.2) is 0 Å². The molecule has 0 bridgehead atoms. The molecular weight excluding hydrogens is 817 g/mol. The second-order valence-corrected chi connectivity index (χ2v) is 18.8. The molecule has 0 fully saturated rings. The Hall–Kier alpha value is -2.89. The molecule has 1 unspecified atom stereocenters. The zero-order chi connectivity index (χ0) is 47.9. The number of unbranched alkanes of at least 4 members (excludes halogenated alkanes) is 30. The maximum absolute atomic E-state index is 12.8. The summed E-state index contributed by atoms with van der Waals surface area (Å²) in [5.74, 6) is -0.906. The zero-order valence-corrected chi connectivity index (χ0v) is 43.7. The van der Waals surface area contributed by atoms with Crippen LogP contribution >= 0.6 is 0 Å². The quantitative estimate of drug-likeness (QED) is 0.0262. The summed E-state index contributed by atoms with van der Waals surface area (Å²) in [6.07, 6.45) is 67.8. The monoisotopic (exact) mass is 923 g/mol. The topological polar surface area (TPSA) is 78.9 Å². The third-order valence-corrected chi connectivity index (χ3v) is 12.2. The van der Waals surface area contributed by atoms with E-state index in [1.165, 1.54) is 141 Å². The Labute approximate surface area is 409 Å². The predicted molar refractivity (Wildman–Crippen MR) is 284 cm³/mol. The van der Waals surface area contributed by atoms with Crippen molar-refractivity contribution in [2.45, 2.75) is 290 Å². The lowest BCUT2D eigenvalue weighted by atomic mass is 10.1. The normalized spacial score (nSPS) is 12.5. The minimum atomic E-state index is -0.788. The molecule has 66 heavy (non-hydrogen) atoms. The molecule has 0 aliphatic rings. The van der Waals surface area contributed by atoms with Crippen molar-refractivity contribution >= 4 is 17.9 Å². The highest BCUT2D eigenvalue weighted by Crippen LogP contribution is 2.15. The Kier molecular flexibility index (Phi) is 52.3. The molecule has 0 aromatic heterocycles. The fraction of sp³-hybridized carbons (Fsp3) is 0.783. The van der Waals surface area contributed by atoms with Crippen molar-refractivity contribution in [2.24, 2.45) is 0 Å². The summed E-state index contributed by atoms with van der Waals surface area (Å²) in [6, 6.07) is 0. The Balaban J connectivity index is 4.40. The molecule has 0 spiro atoms. The number of hydrogen-bond donors (Lipinski definition) is 0. The van der Waals surface area contributed by atoms with Gasteiger partial charge in [-0.2, -0.15) is 0 Å². The van der Waals surface area contributed by atoms with Gasteiger partial charge >= 0.3 is 17.9 Å². The van der Waals surface area contributed by atoms with Gasteiger partial charge in [0.15, 0.2) is 6.10 Å². The Bertz CT molecular complexity index is 1200. The molecule has 0 saturated carbocycles.